The summed E-state index contributed by atoms with van der Waals surface area (Å²) in [5, 5.41) is 5.47. The van der Waals surface area contributed by atoms with Crippen molar-refractivity contribution < 1.29 is 62.2 Å². The zero-order valence-electron chi connectivity index (χ0n) is 37.3. The normalized spacial score (nSPS) is 12.3. The number of rotatable bonds is 15. The molecule has 3 N–H and O–H groups in total. The maximum absolute atomic E-state index is 13.3. The summed E-state index contributed by atoms with van der Waals surface area (Å²) >= 11 is 5.40. The number of methoxy groups -OCH3 is 2. The Balaban J connectivity index is 0.000000250. The Morgan fingerprint density at radius 1 is 0.580 bits per heavy atom. The van der Waals surface area contributed by atoms with Crippen LogP contribution in [-0.4, -0.2) is 55.3 Å². The fourth-order valence-electron chi connectivity index (χ4n) is 6.09. The van der Waals surface area contributed by atoms with Crippen LogP contribution in [0.15, 0.2) is 168 Å². The van der Waals surface area contributed by atoms with Crippen molar-refractivity contribution in [1.82, 2.24) is 10.6 Å². The zero-order valence-corrected chi connectivity index (χ0v) is 39.6. The molecule has 0 bridgehead atoms. The lowest BCUT2D eigenvalue weighted by atomic mass is 10.1. The molecule has 0 aliphatic rings. The molecule has 0 spiro atoms. The highest BCUT2D eigenvalue weighted by atomic mass is 35.5. The summed E-state index contributed by atoms with van der Waals surface area (Å²) in [6.45, 7) is 2.91. The highest BCUT2D eigenvalue weighted by molar-refractivity contribution is 7.93. The van der Waals surface area contributed by atoms with E-state index >= 15 is 0 Å². The van der Waals surface area contributed by atoms with Crippen molar-refractivity contribution in [2.45, 2.75) is 48.1 Å². The van der Waals surface area contributed by atoms with Crippen molar-refractivity contribution in [2.75, 3.05) is 35.7 Å². The molecule has 0 heterocycles. The van der Waals surface area contributed by atoms with Gasteiger partial charge in [0.2, 0.25) is 11.8 Å². The van der Waals surface area contributed by atoms with Crippen molar-refractivity contribution in [1.29, 1.82) is 0 Å². The smallest absolute Gasteiger partial charge is 0.416 e. The van der Waals surface area contributed by atoms with Gasteiger partial charge in [-0.25, -0.2) is 16.8 Å². The summed E-state index contributed by atoms with van der Waals surface area (Å²) in [5.74, 6) is 0.572. The molecule has 6 aromatic carbocycles. The van der Waals surface area contributed by atoms with Crippen LogP contribution in [0, 0.1) is 0 Å². The predicted octanol–water partition coefficient (Wildman–Crippen LogP) is 10.4. The van der Waals surface area contributed by atoms with E-state index in [4.69, 9.17) is 21.1 Å². The molecule has 69 heavy (non-hydrogen) atoms. The molecule has 6 aromatic rings. The van der Waals surface area contributed by atoms with Gasteiger partial charge in [0.05, 0.1) is 52.9 Å². The Morgan fingerprint density at radius 3 is 1.46 bits per heavy atom. The molecule has 0 aliphatic heterocycles. The molecular formula is C48H47ClF6N4O8S2. The molecule has 2 unspecified atom stereocenters. The first-order valence-electron chi connectivity index (χ1n) is 20.4. The van der Waals surface area contributed by atoms with Gasteiger partial charge in [-0.1, -0.05) is 72.8 Å². The van der Waals surface area contributed by atoms with Gasteiger partial charge in [-0.15, -0.1) is 11.6 Å². The molecule has 0 saturated heterocycles. The van der Waals surface area contributed by atoms with Crippen LogP contribution in [0.3, 0.4) is 0 Å². The van der Waals surface area contributed by atoms with Crippen molar-refractivity contribution in [3.05, 3.63) is 180 Å². The van der Waals surface area contributed by atoms with Crippen molar-refractivity contribution in [3.63, 3.8) is 0 Å². The Kier molecular flexibility index (Phi) is 19.5. The lowest BCUT2D eigenvalue weighted by molar-refractivity contribution is -0.138. The third-order valence-corrected chi connectivity index (χ3v) is 13.1. The lowest BCUT2D eigenvalue weighted by Crippen LogP contribution is -2.41. The number of sulfonamides is 2. The summed E-state index contributed by atoms with van der Waals surface area (Å²) in [4.78, 5) is 23.7. The van der Waals surface area contributed by atoms with Gasteiger partial charge in [0.25, 0.3) is 20.0 Å². The van der Waals surface area contributed by atoms with E-state index in [1.54, 1.807) is 50.4 Å². The van der Waals surface area contributed by atoms with Gasteiger partial charge in [0.15, 0.2) is 0 Å². The fourth-order valence-corrected chi connectivity index (χ4v) is 8.68. The molecule has 0 saturated carbocycles. The molecule has 12 nitrogen and oxygen atoms in total. The number of ether oxygens (including phenoxy) is 2. The fraction of sp³-hybridized carbons (Fsp3) is 0.208. The number of amides is 2. The number of alkyl halides is 7. The maximum Gasteiger partial charge on any atom is 0.416 e. The van der Waals surface area contributed by atoms with Gasteiger partial charge < -0.3 is 20.1 Å². The van der Waals surface area contributed by atoms with Gasteiger partial charge in [0, 0.05) is 5.69 Å². The van der Waals surface area contributed by atoms with E-state index in [9.17, 15) is 52.8 Å². The third kappa shape index (κ3) is 16.5. The summed E-state index contributed by atoms with van der Waals surface area (Å²) in [6, 6.07) is 36.5. The minimum absolute atomic E-state index is 0.0134. The minimum Gasteiger partial charge on any atom is -0.497 e. The molecule has 0 aliphatic carbocycles. The second kappa shape index (κ2) is 24.5. The van der Waals surface area contributed by atoms with Crippen molar-refractivity contribution in [3.8, 4) is 11.5 Å². The number of hydrogen-bond donors (Lipinski definition) is 3. The quantitative estimate of drug-likeness (QED) is 0.0677. The van der Waals surface area contributed by atoms with Crippen LogP contribution >= 0.6 is 11.6 Å². The van der Waals surface area contributed by atoms with E-state index in [1.165, 1.54) is 67.8 Å². The second-order valence-corrected chi connectivity index (χ2v) is 18.4. The number of benzene rings is 6. The molecular weight excluding hydrogens is 974 g/mol. The van der Waals surface area contributed by atoms with E-state index in [-0.39, 0.29) is 39.0 Å². The first-order chi connectivity index (χ1) is 32.5. The number of hydrogen-bond acceptors (Lipinski definition) is 8. The van der Waals surface area contributed by atoms with Crippen molar-refractivity contribution >= 4 is 54.8 Å². The summed E-state index contributed by atoms with van der Waals surface area (Å²) in [5.41, 5.74) is -0.578. The first-order valence-corrected chi connectivity index (χ1v) is 23.9. The average molecular weight is 1020 g/mol. The van der Waals surface area contributed by atoms with Crippen LogP contribution < -0.4 is 29.1 Å². The van der Waals surface area contributed by atoms with Crippen LogP contribution in [0.5, 0.6) is 11.5 Å². The van der Waals surface area contributed by atoms with Gasteiger partial charge in [0.1, 0.15) is 23.9 Å². The average Bonchev–Trinajstić information content (AvgIpc) is 3.33. The minimum atomic E-state index is -4.68. The van der Waals surface area contributed by atoms with Gasteiger partial charge in [-0.05, 0) is 110 Å². The van der Waals surface area contributed by atoms with Crippen LogP contribution in [0.4, 0.5) is 37.7 Å². The second-order valence-electron chi connectivity index (χ2n) is 14.6. The molecule has 0 fully saturated rings. The number of carbonyl (C=O) groups is 2. The number of nitrogens with one attached hydrogen (secondary N) is 3. The SMILES string of the molecule is COc1ccc(C(C)NC(=O)CCl)cc1.COc1ccc(C(C)NC(=O)CN(c2cccc(C(F)(F)F)c2)S(=O)(=O)c2ccccc2)cc1.O=S(=O)(Nc1cccc(C(F)(F)F)c1)c1ccccc1. The topological polar surface area (TPSA) is 160 Å². The number of nitrogens with zero attached hydrogens (tertiary/aromatic N) is 1. The van der Waals surface area contributed by atoms with E-state index in [0.717, 1.165) is 47.2 Å². The number of anilines is 2. The highest BCUT2D eigenvalue weighted by Crippen LogP contribution is 2.34. The largest absolute Gasteiger partial charge is 0.497 e. The lowest BCUT2D eigenvalue weighted by Gasteiger charge is -2.26. The van der Waals surface area contributed by atoms with Crippen LogP contribution in [0.1, 0.15) is 48.2 Å². The molecule has 0 aromatic heterocycles. The Morgan fingerprint density at radius 2 is 1.01 bits per heavy atom. The van der Waals surface area contributed by atoms with Crippen LogP contribution in [0.25, 0.3) is 0 Å². The Hall–Kier alpha value is -6.77. The van der Waals surface area contributed by atoms with Gasteiger partial charge >= 0.3 is 12.4 Å². The summed E-state index contributed by atoms with van der Waals surface area (Å²) in [7, 11) is -5.08. The highest BCUT2D eigenvalue weighted by Gasteiger charge is 2.34. The standard InChI is InChI=1S/C24H23F3N2O4S.C13H10F3NO2S.C11H14ClNO2/c1-17(18-11-13-21(33-2)14-12-18)28-23(30)16-29(34(31,32)22-9-4-3-5-10-22)20-8-6-7-19(15-20)24(25,26)27;14-13(15,16)10-5-4-6-11(9-10)17-20(18,19)12-7-2-1-3-8-12;1-8(13-11(14)7-12)9-3-5-10(15-2)6-4-9/h3-15,17H,16H2,1-2H3,(H,28,30);1-9,17H;3-6,8H,7H2,1-2H3,(H,13,14). The summed E-state index contributed by atoms with van der Waals surface area (Å²) < 4.78 is 141. The Bertz CT molecular complexity index is 2830. The van der Waals surface area contributed by atoms with E-state index in [1.807, 2.05) is 31.2 Å². The molecule has 2 amide bonds. The molecule has 2 atom stereocenters. The third-order valence-electron chi connectivity index (χ3n) is 9.68. The van der Waals surface area contributed by atoms with Gasteiger partial charge in [-0.2, -0.15) is 26.3 Å². The van der Waals surface area contributed by atoms with E-state index in [0.29, 0.717) is 16.1 Å². The van der Waals surface area contributed by atoms with E-state index < -0.39 is 62.0 Å². The molecule has 21 heteroatoms. The number of carbonyl (C=O) groups excluding carboxylic acids is 2. The van der Waals surface area contributed by atoms with Gasteiger partial charge in [-0.3, -0.25) is 18.6 Å². The maximum atomic E-state index is 13.3. The molecule has 368 valence electrons. The first kappa shape index (κ1) is 54.8. The monoisotopic (exact) mass is 1020 g/mol. The van der Waals surface area contributed by atoms with Crippen molar-refractivity contribution in [2.24, 2.45) is 0 Å². The molecule has 6 rings (SSSR count). The zero-order chi connectivity index (χ0) is 51.0. The number of halogens is 7. The Labute approximate surface area is 401 Å². The molecule has 0 radical (unpaired) electrons. The predicted molar refractivity (Wildman–Crippen MR) is 251 cm³/mol. The van der Waals surface area contributed by atoms with Crippen LogP contribution in [0.2, 0.25) is 0 Å². The van der Waals surface area contributed by atoms with E-state index in [2.05, 4.69) is 15.4 Å². The van der Waals surface area contributed by atoms with Crippen LogP contribution in [-0.2, 0) is 42.0 Å². The summed E-state index contributed by atoms with van der Waals surface area (Å²) in [6.07, 6.45) is -9.20.